The number of aromatic nitrogens is 3. The van der Waals surface area contributed by atoms with E-state index in [1.807, 2.05) is 24.3 Å². The molecule has 12 nitrogen and oxygen atoms in total. The maximum atomic E-state index is 13.5. The highest BCUT2D eigenvalue weighted by Crippen LogP contribution is 2.29. The van der Waals surface area contributed by atoms with Crippen molar-refractivity contribution < 1.29 is 28.6 Å². The fraction of sp³-hybridized carbons (Fsp3) is 0.276. The lowest BCUT2D eigenvalue weighted by Gasteiger charge is -2.38. The average Bonchev–Trinajstić information content (AvgIpc) is 3.44. The van der Waals surface area contributed by atoms with Crippen molar-refractivity contribution in [2.75, 3.05) is 26.8 Å². The van der Waals surface area contributed by atoms with Crippen LogP contribution in [0, 0.1) is 0 Å². The second kappa shape index (κ2) is 11.2. The summed E-state index contributed by atoms with van der Waals surface area (Å²) in [5, 5.41) is 10.1. The van der Waals surface area contributed by atoms with E-state index in [1.165, 1.54) is 19.4 Å². The van der Waals surface area contributed by atoms with Crippen LogP contribution in [-0.4, -0.2) is 76.2 Å². The monoisotopic (exact) mass is 556 g/mol. The van der Waals surface area contributed by atoms with Crippen LogP contribution in [0.25, 0.3) is 5.65 Å². The van der Waals surface area contributed by atoms with Gasteiger partial charge in [0.05, 0.1) is 19.3 Å². The van der Waals surface area contributed by atoms with Crippen molar-refractivity contribution in [1.29, 1.82) is 0 Å². The zero-order valence-corrected chi connectivity index (χ0v) is 22.3. The number of carbonyl (C=O) groups excluding carboxylic acids is 3. The number of nitrogens with one attached hydrogen (secondary N) is 2. The van der Waals surface area contributed by atoms with Crippen molar-refractivity contribution in [2.45, 2.75) is 25.1 Å². The van der Waals surface area contributed by atoms with Gasteiger partial charge < -0.3 is 29.7 Å². The minimum absolute atomic E-state index is 0.218. The lowest BCUT2D eigenvalue weighted by Crippen LogP contribution is -2.58. The molecule has 0 saturated carbocycles. The molecule has 7 rings (SSSR count). The van der Waals surface area contributed by atoms with E-state index in [-0.39, 0.29) is 36.6 Å². The number of carbonyl (C=O) groups is 3. The zero-order chi connectivity index (χ0) is 28.3. The van der Waals surface area contributed by atoms with Crippen LogP contribution >= 0.6 is 0 Å². The van der Waals surface area contributed by atoms with Crippen molar-refractivity contribution in [3.05, 3.63) is 83.8 Å². The van der Waals surface area contributed by atoms with Crippen LogP contribution in [0.1, 0.15) is 32.7 Å². The van der Waals surface area contributed by atoms with Gasteiger partial charge in [-0.3, -0.25) is 14.4 Å². The van der Waals surface area contributed by atoms with Crippen LogP contribution in [0.5, 0.6) is 17.2 Å². The summed E-state index contributed by atoms with van der Waals surface area (Å²) in [6.07, 6.45) is 4.93. The van der Waals surface area contributed by atoms with Gasteiger partial charge >= 0.3 is 0 Å². The summed E-state index contributed by atoms with van der Waals surface area (Å²) < 4.78 is 19.0. The van der Waals surface area contributed by atoms with Gasteiger partial charge in [-0.1, -0.05) is 12.1 Å². The van der Waals surface area contributed by atoms with Crippen LogP contribution in [0.4, 0.5) is 0 Å². The smallest absolute Gasteiger partial charge is 0.259 e. The van der Waals surface area contributed by atoms with Crippen LogP contribution in [-0.2, 0) is 11.3 Å². The number of likely N-dealkylation sites (tertiary alicyclic amines) is 1. The molecule has 0 unspecified atom stereocenters. The highest BCUT2D eigenvalue weighted by Gasteiger charge is 2.35. The number of hydrogen-bond acceptors (Lipinski definition) is 8. The Labute approximate surface area is 235 Å². The molecule has 210 valence electrons. The molecular weight excluding hydrogens is 528 g/mol. The van der Waals surface area contributed by atoms with Crippen LogP contribution in [0.15, 0.2) is 67.1 Å². The quantitative estimate of drug-likeness (QED) is 0.382. The fourth-order valence-corrected chi connectivity index (χ4v) is 4.98. The molecule has 2 aromatic carbocycles. The number of nitrogens with zero attached hydrogens (tertiary/aromatic N) is 4. The van der Waals surface area contributed by atoms with Crippen LogP contribution < -0.4 is 24.8 Å². The number of piperidine rings is 1. The van der Waals surface area contributed by atoms with E-state index in [0.29, 0.717) is 47.8 Å². The van der Waals surface area contributed by atoms with Gasteiger partial charge in [0, 0.05) is 44.0 Å². The predicted molar refractivity (Wildman–Crippen MR) is 146 cm³/mol. The van der Waals surface area contributed by atoms with Crippen molar-refractivity contribution >= 4 is 23.4 Å². The Bertz CT molecular complexity index is 1600. The molecule has 2 atom stereocenters. The average molecular weight is 557 g/mol. The van der Waals surface area contributed by atoms with Gasteiger partial charge in [0.2, 0.25) is 0 Å². The molecule has 3 aliphatic rings. The fourth-order valence-electron chi connectivity index (χ4n) is 4.98. The van der Waals surface area contributed by atoms with Crippen molar-refractivity contribution in [3.63, 3.8) is 0 Å². The van der Waals surface area contributed by atoms with Gasteiger partial charge in [-0.25, -0.2) is 9.50 Å². The minimum atomic E-state index is -0.528. The lowest BCUT2D eigenvalue weighted by molar-refractivity contribution is -0.123. The van der Waals surface area contributed by atoms with E-state index in [1.54, 1.807) is 40.0 Å². The molecule has 1 fully saturated rings. The second-order valence-corrected chi connectivity index (χ2v) is 9.80. The summed E-state index contributed by atoms with van der Waals surface area (Å²) in [5.74, 6) is 0.347. The third-order valence-corrected chi connectivity index (χ3v) is 7.15. The minimum Gasteiger partial charge on any atom is -0.493 e. The summed E-state index contributed by atoms with van der Waals surface area (Å²) in [6, 6.07) is 13.3. The van der Waals surface area contributed by atoms with Crippen LogP contribution in [0.3, 0.4) is 0 Å². The molecule has 0 radical (unpaired) electrons. The first-order valence-electron chi connectivity index (χ1n) is 13.2. The molecule has 2 aromatic heterocycles. The largest absolute Gasteiger partial charge is 0.493 e. The first-order chi connectivity index (χ1) is 20.0. The number of benzene rings is 2. The highest BCUT2D eigenvalue weighted by atomic mass is 16.5. The molecule has 12 heteroatoms. The molecule has 0 spiro atoms. The Morgan fingerprint density at radius 3 is 2.83 bits per heavy atom. The summed E-state index contributed by atoms with van der Waals surface area (Å²) in [5.41, 5.74) is 2.05. The Hall–Kier alpha value is -5.13. The molecule has 4 aromatic rings. The topological polar surface area (TPSA) is 136 Å². The second-order valence-electron chi connectivity index (χ2n) is 9.80. The number of rotatable bonds is 2. The Morgan fingerprint density at radius 1 is 1.15 bits per heavy atom. The number of methoxy groups -OCH3 is 1. The number of hydrogen-bond donors (Lipinski definition) is 2. The molecule has 3 aliphatic heterocycles. The summed E-state index contributed by atoms with van der Waals surface area (Å²) >= 11 is 0. The van der Waals surface area contributed by atoms with Crippen LogP contribution in [0.2, 0.25) is 0 Å². The number of amides is 3. The van der Waals surface area contributed by atoms with Gasteiger partial charge in [-0.15, -0.1) is 0 Å². The Morgan fingerprint density at radius 2 is 2.00 bits per heavy atom. The lowest BCUT2D eigenvalue weighted by atomic mass is 10.00. The Kier molecular flexibility index (Phi) is 7.11. The standard InChI is InChI=1S/C29H28N6O6/c1-39-24-8-5-19-13-25(24)40-17-26(36)31-14-18-3-6-20(7-4-18)41-23-9-12-34(16-22(23)33-28(19)37)29(38)21-15-32-35-11-2-10-30-27(21)35/h2-8,10-11,13,15,22-23H,9,12,14,16-17H2,1H3,(H,31,36)(H,33,37)/t22-,23+/m0/s1. The van der Waals surface area contributed by atoms with E-state index in [2.05, 4.69) is 20.7 Å². The molecule has 1 saturated heterocycles. The third-order valence-electron chi connectivity index (χ3n) is 7.15. The summed E-state index contributed by atoms with van der Waals surface area (Å²) in [6.45, 7) is 0.712. The Balaban J connectivity index is 1.30. The van der Waals surface area contributed by atoms with Gasteiger partial charge in [0.25, 0.3) is 17.7 Å². The molecule has 3 amide bonds. The van der Waals surface area contributed by atoms with Crippen molar-refractivity contribution in [2.24, 2.45) is 0 Å². The first-order valence-corrected chi connectivity index (χ1v) is 13.2. The molecular formula is C29H28N6O6. The van der Waals surface area contributed by atoms with Gasteiger partial charge in [0.1, 0.15) is 17.4 Å². The normalized spacial score (nSPS) is 19.3. The molecule has 41 heavy (non-hydrogen) atoms. The molecule has 4 bridgehead atoms. The van der Waals surface area contributed by atoms with E-state index in [0.717, 1.165) is 5.56 Å². The third kappa shape index (κ3) is 5.49. The number of ether oxygens (including phenoxy) is 3. The SMILES string of the molecule is COc1ccc2cc1OCC(=O)NCc1ccc(cc1)O[C@@H]1CCN(C(=O)c3cnn4cccnc34)C[C@@H]1NC2=O. The molecule has 5 heterocycles. The van der Waals surface area contributed by atoms with E-state index >= 15 is 0 Å². The van der Waals surface area contributed by atoms with Gasteiger partial charge in [0.15, 0.2) is 23.8 Å². The van der Waals surface area contributed by atoms with E-state index < -0.39 is 12.1 Å². The zero-order valence-electron chi connectivity index (χ0n) is 22.3. The van der Waals surface area contributed by atoms with Gasteiger partial charge in [-0.2, -0.15) is 5.10 Å². The molecule has 0 aliphatic carbocycles. The summed E-state index contributed by atoms with van der Waals surface area (Å²) in [7, 11) is 1.48. The molecule has 2 N–H and O–H groups in total. The van der Waals surface area contributed by atoms with Crippen molar-refractivity contribution in [1.82, 2.24) is 30.1 Å². The van der Waals surface area contributed by atoms with E-state index in [4.69, 9.17) is 14.2 Å². The maximum absolute atomic E-state index is 13.5. The highest BCUT2D eigenvalue weighted by molar-refractivity contribution is 6.00. The first kappa shape index (κ1) is 26.1. The summed E-state index contributed by atoms with van der Waals surface area (Å²) in [4.78, 5) is 45.4. The maximum Gasteiger partial charge on any atom is 0.259 e. The number of fused-ring (bicyclic) bond motifs is 8. The van der Waals surface area contributed by atoms with E-state index in [9.17, 15) is 14.4 Å². The van der Waals surface area contributed by atoms with Crippen molar-refractivity contribution in [3.8, 4) is 17.2 Å². The predicted octanol–water partition coefficient (Wildman–Crippen LogP) is 1.84. The van der Waals surface area contributed by atoms with Gasteiger partial charge in [-0.05, 0) is 42.0 Å².